The smallest absolute Gasteiger partial charge is 0.258 e. The van der Waals surface area contributed by atoms with Gasteiger partial charge in [-0.2, -0.15) is 5.26 Å². The molecule has 0 unspecified atom stereocenters. The van der Waals surface area contributed by atoms with E-state index in [4.69, 9.17) is 9.68 Å². The molecule has 0 saturated carbocycles. The molecule has 1 heterocycles. The zero-order valence-electron chi connectivity index (χ0n) is 9.01. The molecule has 17 heavy (non-hydrogen) atoms. The predicted molar refractivity (Wildman–Crippen MR) is 62.4 cm³/mol. The van der Waals surface area contributed by atoms with E-state index in [1.165, 1.54) is 12.5 Å². The molecule has 0 bridgehead atoms. The van der Waals surface area contributed by atoms with Gasteiger partial charge in [0.1, 0.15) is 6.26 Å². The summed E-state index contributed by atoms with van der Waals surface area (Å²) in [4.78, 5) is 11.7. The van der Waals surface area contributed by atoms with Crippen molar-refractivity contribution in [1.82, 2.24) is 0 Å². The molecule has 2 rings (SSSR count). The number of nitriles is 1. The first-order valence-electron chi connectivity index (χ1n) is 5.09. The molecule has 2 aromatic rings. The Balaban J connectivity index is 2.05. The average Bonchev–Trinajstić information content (AvgIpc) is 2.86. The average molecular weight is 226 g/mol. The fourth-order valence-corrected chi connectivity index (χ4v) is 1.39. The van der Waals surface area contributed by atoms with Gasteiger partial charge < -0.3 is 9.73 Å². The molecule has 0 radical (unpaired) electrons. The normalized spacial score (nSPS) is 9.59. The van der Waals surface area contributed by atoms with E-state index < -0.39 is 0 Å². The highest BCUT2D eigenvalue weighted by molar-refractivity contribution is 6.03. The second-order valence-corrected chi connectivity index (χ2v) is 3.50. The molecule has 84 valence electrons. The van der Waals surface area contributed by atoms with E-state index in [0.29, 0.717) is 17.7 Å². The molecule has 0 aliphatic carbocycles. The van der Waals surface area contributed by atoms with E-state index in [1.807, 2.05) is 12.1 Å². The van der Waals surface area contributed by atoms with Crippen LogP contribution in [0.1, 0.15) is 15.9 Å². The number of carbonyl (C=O) groups is 1. The molecule has 1 aromatic heterocycles. The number of carbonyl (C=O) groups excluding carboxylic acids is 1. The van der Waals surface area contributed by atoms with Gasteiger partial charge in [0.05, 0.1) is 24.3 Å². The lowest BCUT2D eigenvalue weighted by molar-refractivity contribution is 0.102. The number of hydrogen-bond acceptors (Lipinski definition) is 3. The van der Waals surface area contributed by atoms with Crippen molar-refractivity contribution >= 4 is 11.6 Å². The SMILES string of the molecule is N#CCc1ccc(NC(=O)c2ccoc2)cc1. The van der Waals surface area contributed by atoms with Gasteiger partial charge in [0, 0.05) is 5.69 Å². The number of nitrogens with one attached hydrogen (secondary N) is 1. The Morgan fingerprint density at radius 2 is 2.06 bits per heavy atom. The zero-order valence-corrected chi connectivity index (χ0v) is 9.01. The van der Waals surface area contributed by atoms with E-state index >= 15 is 0 Å². The van der Waals surface area contributed by atoms with E-state index in [2.05, 4.69) is 11.4 Å². The zero-order chi connectivity index (χ0) is 12.1. The number of hydrogen-bond donors (Lipinski definition) is 1. The van der Waals surface area contributed by atoms with Crippen LogP contribution in [0.5, 0.6) is 0 Å². The molecule has 0 aliphatic rings. The maximum absolute atomic E-state index is 11.7. The third-order valence-electron chi connectivity index (χ3n) is 2.28. The van der Waals surface area contributed by atoms with Crippen LogP contribution in [0.4, 0.5) is 5.69 Å². The van der Waals surface area contributed by atoms with Gasteiger partial charge in [-0.1, -0.05) is 12.1 Å². The van der Waals surface area contributed by atoms with Gasteiger partial charge in [0.25, 0.3) is 5.91 Å². The lowest BCUT2D eigenvalue weighted by Crippen LogP contribution is -2.10. The molecule has 0 aliphatic heterocycles. The van der Waals surface area contributed by atoms with E-state index in [1.54, 1.807) is 18.2 Å². The second kappa shape index (κ2) is 4.99. The first-order chi connectivity index (χ1) is 8.29. The summed E-state index contributed by atoms with van der Waals surface area (Å²) in [6, 6.07) is 10.8. The van der Waals surface area contributed by atoms with Gasteiger partial charge in [-0.3, -0.25) is 4.79 Å². The number of anilines is 1. The fraction of sp³-hybridized carbons (Fsp3) is 0.0769. The van der Waals surface area contributed by atoms with Crippen molar-refractivity contribution in [3.05, 3.63) is 54.0 Å². The van der Waals surface area contributed by atoms with Gasteiger partial charge in [0.2, 0.25) is 0 Å². The van der Waals surface area contributed by atoms with Gasteiger partial charge in [-0.05, 0) is 23.8 Å². The molecule has 0 fully saturated rings. The van der Waals surface area contributed by atoms with Crippen molar-refractivity contribution in [3.8, 4) is 6.07 Å². The van der Waals surface area contributed by atoms with Crippen LogP contribution in [0.3, 0.4) is 0 Å². The predicted octanol–water partition coefficient (Wildman–Crippen LogP) is 2.60. The van der Waals surface area contributed by atoms with Gasteiger partial charge in [-0.15, -0.1) is 0 Å². The Hall–Kier alpha value is -2.54. The van der Waals surface area contributed by atoms with Crippen molar-refractivity contribution in [2.24, 2.45) is 0 Å². The van der Waals surface area contributed by atoms with Crippen LogP contribution in [-0.4, -0.2) is 5.91 Å². The first kappa shape index (κ1) is 11.0. The molecule has 0 saturated heterocycles. The number of furan rings is 1. The van der Waals surface area contributed by atoms with Gasteiger partial charge in [-0.25, -0.2) is 0 Å². The number of rotatable bonds is 3. The van der Waals surface area contributed by atoms with Crippen molar-refractivity contribution in [3.63, 3.8) is 0 Å². The monoisotopic (exact) mass is 226 g/mol. The maximum Gasteiger partial charge on any atom is 0.258 e. The third-order valence-corrected chi connectivity index (χ3v) is 2.28. The quantitative estimate of drug-likeness (QED) is 0.874. The number of amides is 1. The molecular weight excluding hydrogens is 216 g/mol. The summed E-state index contributed by atoms with van der Waals surface area (Å²) in [7, 11) is 0. The minimum absolute atomic E-state index is 0.216. The summed E-state index contributed by atoms with van der Waals surface area (Å²) >= 11 is 0. The van der Waals surface area contributed by atoms with E-state index in [9.17, 15) is 4.79 Å². The summed E-state index contributed by atoms with van der Waals surface area (Å²) in [5.41, 5.74) is 2.10. The van der Waals surface area contributed by atoms with Crippen LogP contribution < -0.4 is 5.32 Å². The topological polar surface area (TPSA) is 66.0 Å². The minimum atomic E-state index is -0.216. The Labute approximate surface area is 98.5 Å². The van der Waals surface area contributed by atoms with Crippen LogP contribution in [-0.2, 0) is 6.42 Å². The van der Waals surface area contributed by atoms with Crippen molar-refractivity contribution in [2.75, 3.05) is 5.32 Å². The number of benzene rings is 1. The lowest BCUT2D eigenvalue weighted by atomic mass is 10.1. The van der Waals surface area contributed by atoms with Crippen LogP contribution in [0.15, 0.2) is 47.3 Å². The largest absolute Gasteiger partial charge is 0.472 e. The summed E-state index contributed by atoms with van der Waals surface area (Å²) < 4.78 is 4.83. The minimum Gasteiger partial charge on any atom is -0.472 e. The summed E-state index contributed by atoms with van der Waals surface area (Å²) in [6.07, 6.45) is 3.21. The highest BCUT2D eigenvalue weighted by Gasteiger charge is 2.06. The van der Waals surface area contributed by atoms with Gasteiger partial charge in [0.15, 0.2) is 0 Å². The summed E-state index contributed by atoms with van der Waals surface area (Å²) in [6.45, 7) is 0. The van der Waals surface area contributed by atoms with Crippen LogP contribution in [0, 0.1) is 11.3 Å². The molecule has 1 aromatic carbocycles. The molecule has 1 N–H and O–H groups in total. The Kier molecular flexibility index (Phi) is 3.22. The second-order valence-electron chi connectivity index (χ2n) is 3.50. The maximum atomic E-state index is 11.7. The van der Waals surface area contributed by atoms with Gasteiger partial charge >= 0.3 is 0 Å². The molecular formula is C13H10N2O2. The first-order valence-corrected chi connectivity index (χ1v) is 5.09. The molecule has 0 atom stereocenters. The molecule has 4 heteroatoms. The van der Waals surface area contributed by atoms with Crippen molar-refractivity contribution in [2.45, 2.75) is 6.42 Å². The van der Waals surface area contributed by atoms with Crippen molar-refractivity contribution < 1.29 is 9.21 Å². The lowest BCUT2D eigenvalue weighted by Gasteiger charge is -2.03. The molecule has 0 spiro atoms. The number of nitrogens with zero attached hydrogens (tertiary/aromatic N) is 1. The Morgan fingerprint density at radius 1 is 1.29 bits per heavy atom. The highest BCUT2D eigenvalue weighted by Crippen LogP contribution is 2.11. The van der Waals surface area contributed by atoms with Crippen molar-refractivity contribution in [1.29, 1.82) is 5.26 Å². The fourth-order valence-electron chi connectivity index (χ4n) is 1.39. The molecule has 4 nitrogen and oxygen atoms in total. The summed E-state index contributed by atoms with van der Waals surface area (Å²) in [5.74, 6) is -0.216. The Morgan fingerprint density at radius 3 is 2.65 bits per heavy atom. The molecule has 1 amide bonds. The summed E-state index contributed by atoms with van der Waals surface area (Å²) in [5, 5.41) is 11.3. The third kappa shape index (κ3) is 2.73. The van der Waals surface area contributed by atoms with Crippen LogP contribution in [0.2, 0.25) is 0 Å². The standard InChI is InChI=1S/C13H10N2O2/c14-7-5-10-1-3-12(4-2-10)15-13(16)11-6-8-17-9-11/h1-4,6,8-9H,5H2,(H,15,16). The van der Waals surface area contributed by atoms with Crippen LogP contribution >= 0.6 is 0 Å². The van der Waals surface area contributed by atoms with E-state index in [0.717, 1.165) is 5.56 Å². The van der Waals surface area contributed by atoms with Crippen LogP contribution in [0.25, 0.3) is 0 Å². The van der Waals surface area contributed by atoms with E-state index in [-0.39, 0.29) is 5.91 Å². The highest BCUT2D eigenvalue weighted by atomic mass is 16.3. The Bertz CT molecular complexity index is 536.